The summed E-state index contributed by atoms with van der Waals surface area (Å²) in [5.74, 6) is -0.171. The van der Waals surface area contributed by atoms with Crippen molar-refractivity contribution in [3.63, 3.8) is 0 Å². The number of amides is 3. The maximum absolute atomic E-state index is 13.0. The zero-order valence-electron chi connectivity index (χ0n) is 25.2. The highest BCUT2D eigenvalue weighted by Gasteiger charge is 2.47. The number of rotatable bonds is 5. The molecule has 2 aromatic rings. The van der Waals surface area contributed by atoms with Crippen LogP contribution in [0.3, 0.4) is 0 Å². The number of halogens is 3. The predicted octanol–water partition coefficient (Wildman–Crippen LogP) is 4.78. The summed E-state index contributed by atoms with van der Waals surface area (Å²) in [7, 11) is 0. The van der Waals surface area contributed by atoms with Crippen molar-refractivity contribution in [2.24, 2.45) is 0 Å². The fourth-order valence-electron chi connectivity index (χ4n) is 5.69. The van der Waals surface area contributed by atoms with Gasteiger partial charge >= 0.3 is 18.4 Å². The molecule has 0 unspecified atom stereocenters. The van der Waals surface area contributed by atoms with Crippen LogP contribution < -0.4 is 0 Å². The molecule has 3 aliphatic heterocycles. The fourth-order valence-corrected chi connectivity index (χ4v) is 5.69. The van der Waals surface area contributed by atoms with E-state index < -0.39 is 29.0 Å². The Bertz CT molecular complexity index is 1340. The summed E-state index contributed by atoms with van der Waals surface area (Å²) >= 11 is 0. The molecule has 3 fully saturated rings. The van der Waals surface area contributed by atoms with Crippen LogP contribution in [0.5, 0.6) is 0 Å². The van der Waals surface area contributed by atoms with Crippen LogP contribution in [-0.2, 0) is 28.7 Å². The number of carbonyl (C=O) groups is 3. The van der Waals surface area contributed by atoms with E-state index in [9.17, 15) is 27.6 Å². The summed E-state index contributed by atoms with van der Waals surface area (Å²) in [4.78, 5) is 49.6. The van der Waals surface area contributed by atoms with Gasteiger partial charge < -0.3 is 19.3 Å². The first-order valence-corrected chi connectivity index (χ1v) is 14.8. The molecular formula is C31H38F3N5O5. The first kappa shape index (κ1) is 31.6. The third-order valence-electron chi connectivity index (χ3n) is 8.14. The molecule has 0 saturated carbocycles. The molecule has 5 rings (SSSR count). The van der Waals surface area contributed by atoms with Crippen molar-refractivity contribution in [3.8, 4) is 0 Å². The summed E-state index contributed by atoms with van der Waals surface area (Å²) in [6.45, 7) is 9.51. The second-order valence-electron chi connectivity index (χ2n) is 12.7. The highest BCUT2D eigenvalue weighted by Crippen LogP contribution is 2.35. The van der Waals surface area contributed by atoms with E-state index in [0.29, 0.717) is 76.5 Å². The van der Waals surface area contributed by atoms with Gasteiger partial charge in [-0.2, -0.15) is 13.2 Å². The molecule has 3 saturated heterocycles. The Balaban J connectivity index is 1.08. The zero-order valence-corrected chi connectivity index (χ0v) is 25.2. The summed E-state index contributed by atoms with van der Waals surface area (Å²) in [6, 6.07) is 8.63. The summed E-state index contributed by atoms with van der Waals surface area (Å²) in [6.07, 6.45) is -2.40. The Morgan fingerprint density at radius 1 is 0.909 bits per heavy atom. The number of ether oxygens (including phenoxy) is 2. The summed E-state index contributed by atoms with van der Waals surface area (Å²) in [5, 5.41) is 0. The highest BCUT2D eigenvalue weighted by molar-refractivity contribution is 5.94. The number of likely N-dealkylation sites (tertiary alicyclic amines) is 1. The van der Waals surface area contributed by atoms with Gasteiger partial charge in [0.05, 0.1) is 29.9 Å². The molecule has 0 aliphatic carbocycles. The van der Waals surface area contributed by atoms with Crippen molar-refractivity contribution in [1.29, 1.82) is 0 Å². The number of nitrogens with zero attached hydrogens (tertiary/aromatic N) is 5. The van der Waals surface area contributed by atoms with Gasteiger partial charge in [-0.25, -0.2) is 9.59 Å². The van der Waals surface area contributed by atoms with E-state index in [0.717, 1.165) is 17.7 Å². The summed E-state index contributed by atoms with van der Waals surface area (Å²) < 4.78 is 49.8. The molecular weight excluding hydrogens is 579 g/mol. The van der Waals surface area contributed by atoms with Gasteiger partial charge in [0.25, 0.3) is 5.91 Å². The van der Waals surface area contributed by atoms with Crippen molar-refractivity contribution in [2.45, 2.75) is 64.1 Å². The van der Waals surface area contributed by atoms with Crippen LogP contribution in [0.2, 0.25) is 0 Å². The molecule has 1 aromatic heterocycles. The molecule has 3 amide bonds. The maximum atomic E-state index is 13.0. The van der Waals surface area contributed by atoms with Gasteiger partial charge in [-0.05, 0) is 50.6 Å². The molecule has 10 nitrogen and oxygen atoms in total. The minimum absolute atomic E-state index is 0.171. The van der Waals surface area contributed by atoms with Gasteiger partial charge in [-0.3, -0.25) is 19.6 Å². The van der Waals surface area contributed by atoms with Crippen molar-refractivity contribution < 1.29 is 37.0 Å². The normalized spacial score (nSPS) is 19.3. The molecule has 4 heterocycles. The molecule has 1 spiro atoms. The van der Waals surface area contributed by atoms with Crippen molar-refractivity contribution in [2.75, 3.05) is 45.8 Å². The van der Waals surface area contributed by atoms with Crippen molar-refractivity contribution in [3.05, 3.63) is 65.0 Å². The molecule has 0 atom stereocenters. The second-order valence-corrected chi connectivity index (χ2v) is 12.7. The minimum Gasteiger partial charge on any atom is -0.444 e. The monoisotopic (exact) mass is 617 g/mol. The van der Waals surface area contributed by atoms with Crippen molar-refractivity contribution >= 4 is 18.1 Å². The van der Waals surface area contributed by atoms with Gasteiger partial charge in [-0.15, -0.1) is 0 Å². The van der Waals surface area contributed by atoms with E-state index in [1.54, 1.807) is 26.8 Å². The highest BCUT2D eigenvalue weighted by atomic mass is 19.4. The lowest BCUT2D eigenvalue weighted by atomic mass is 9.91. The molecule has 3 aliphatic rings. The fraction of sp³-hybridized carbons (Fsp3) is 0.548. The number of piperidine rings is 1. The van der Waals surface area contributed by atoms with E-state index in [2.05, 4.69) is 9.88 Å². The van der Waals surface area contributed by atoms with Crippen LogP contribution in [0.4, 0.5) is 22.8 Å². The van der Waals surface area contributed by atoms with Gasteiger partial charge in [0, 0.05) is 64.9 Å². The van der Waals surface area contributed by atoms with E-state index in [4.69, 9.17) is 9.47 Å². The van der Waals surface area contributed by atoms with Crippen LogP contribution in [0, 0.1) is 0 Å². The van der Waals surface area contributed by atoms with E-state index in [-0.39, 0.29) is 18.5 Å². The van der Waals surface area contributed by atoms with Gasteiger partial charge in [-0.1, -0.05) is 12.1 Å². The topological polar surface area (TPSA) is 95.5 Å². The van der Waals surface area contributed by atoms with Crippen LogP contribution >= 0.6 is 0 Å². The molecule has 13 heteroatoms. The third-order valence-corrected chi connectivity index (χ3v) is 8.14. The number of benzene rings is 1. The van der Waals surface area contributed by atoms with Gasteiger partial charge in [0.2, 0.25) is 0 Å². The maximum Gasteiger partial charge on any atom is 0.416 e. The smallest absolute Gasteiger partial charge is 0.416 e. The Hall–Kier alpha value is -3.87. The summed E-state index contributed by atoms with van der Waals surface area (Å²) in [5.41, 5.74) is 0.0103. The number of aromatic nitrogens is 1. The average Bonchev–Trinajstić information content (AvgIpc) is 3.27. The SMILES string of the molecule is CC(C)(C)OC(=O)N1CCN(C(=O)c2ccc(CN3CC4(CCN(Cc5ccc(C(F)(F)F)cc5)CC4)OC3=O)nc2)CC1. The third kappa shape index (κ3) is 7.61. The number of hydrogen-bond donors (Lipinski definition) is 0. The Labute approximate surface area is 254 Å². The Kier molecular flexibility index (Phi) is 8.79. The predicted molar refractivity (Wildman–Crippen MR) is 154 cm³/mol. The first-order chi connectivity index (χ1) is 20.7. The molecule has 0 radical (unpaired) electrons. The van der Waals surface area contributed by atoms with Crippen LogP contribution in [0.1, 0.15) is 60.8 Å². The van der Waals surface area contributed by atoms with E-state index in [1.165, 1.54) is 18.3 Å². The van der Waals surface area contributed by atoms with Gasteiger partial charge in [0.15, 0.2) is 0 Å². The molecule has 0 N–H and O–H groups in total. The number of pyridine rings is 1. The average molecular weight is 618 g/mol. The minimum atomic E-state index is -4.36. The van der Waals surface area contributed by atoms with Crippen LogP contribution in [0.15, 0.2) is 42.6 Å². The lowest BCUT2D eigenvalue weighted by Gasteiger charge is -2.37. The molecule has 0 bridgehead atoms. The van der Waals surface area contributed by atoms with Crippen LogP contribution in [0.25, 0.3) is 0 Å². The lowest BCUT2D eigenvalue weighted by molar-refractivity contribution is -0.137. The lowest BCUT2D eigenvalue weighted by Crippen LogP contribution is -2.51. The largest absolute Gasteiger partial charge is 0.444 e. The standard InChI is InChI=1S/C31H38F3N5O5/c1-29(2,3)43-27(41)38-16-14-37(15-17-38)26(40)23-6-9-25(35-18-23)20-39-21-30(44-28(39)42)10-12-36(13-11-30)19-22-4-7-24(8-5-22)31(32,33)34/h4-9,18H,10-17,19-21H2,1-3H3. The van der Waals surface area contributed by atoms with Crippen molar-refractivity contribution in [1.82, 2.24) is 24.6 Å². The zero-order chi connectivity index (χ0) is 31.7. The van der Waals surface area contributed by atoms with Gasteiger partial charge in [0.1, 0.15) is 11.2 Å². The Morgan fingerprint density at radius 2 is 1.55 bits per heavy atom. The number of piperazine rings is 1. The Morgan fingerprint density at radius 3 is 2.11 bits per heavy atom. The van der Waals surface area contributed by atoms with Crippen LogP contribution in [-0.4, -0.2) is 99.7 Å². The van der Waals surface area contributed by atoms with E-state index >= 15 is 0 Å². The quantitative estimate of drug-likeness (QED) is 0.477. The molecule has 1 aromatic carbocycles. The molecule has 44 heavy (non-hydrogen) atoms. The molecule has 238 valence electrons. The second kappa shape index (κ2) is 12.3. The first-order valence-electron chi connectivity index (χ1n) is 14.8. The number of alkyl halides is 3. The number of carbonyl (C=O) groups excluding carboxylic acids is 3. The number of hydrogen-bond acceptors (Lipinski definition) is 7. The van der Waals surface area contributed by atoms with E-state index in [1.807, 2.05) is 20.8 Å².